The van der Waals surface area contributed by atoms with Gasteiger partial charge >= 0.3 is 5.97 Å². The number of nitrogens with zero attached hydrogens (tertiary/aromatic N) is 4. The third kappa shape index (κ3) is 3.64. The first-order valence-electron chi connectivity index (χ1n) is 7.11. The summed E-state index contributed by atoms with van der Waals surface area (Å²) in [5.41, 5.74) is 1.45. The second-order valence-corrected chi connectivity index (χ2v) is 5.38. The van der Waals surface area contributed by atoms with Gasteiger partial charge in [0, 0.05) is 10.6 Å². The number of hydrogen-bond acceptors (Lipinski definition) is 6. The summed E-state index contributed by atoms with van der Waals surface area (Å²) in [7, 11) is 1.26. The number of rotatable bonds is 4. The van der Waals surface area contributed by atoms with Crippen molar-refractivity contribution >= 4 is 29.2 Å². The molecule has 0 saturated carbocycles. The van der Waals surface area contributed by atoms with E-state index in [9.17, 15) is 9.59 Å². The van der Waals surface area contributed by atoms with E-state index in [1.165, 1.54) is 30.3 Å². The first-order chi connectivity index (χ1) is 12.1. The molecule has 0 aliphatic heterocycles. The molecular weight excluding hydrogens is 346 g/mol. The molecule has 1 N–H and O–H groups in total. The van der Waals surface area contributed by atoms with Gasteiger partial charge in [0.25, 0.3) is 5.91 Å². The summed E-state index contributed by atoms with van der Waals surface area (Å²) in [6.07, 6.45) is 1.42. The first-order valence-corrected chi connectivity index (χ1v) is 7.49. The highest BCUT2D eigenvalue weighted by molar-refractivity contribution is 6.31. The van der Waals surface area contributed by atoms with Crippen molar-refractivity contribution in [2.24, 2.45) is 0 Å². The van der Waals surface area contributed by atoms with Crippen molar-refractivity contribution in [3.63, 3.8) is 0 Å². The molecule has 0 radical (unpaired) electrons. The fourth-order valence-electron chi connectivity index (χ4n) is 2.17. The Morgan fingerprint density at radius 3 is 2.76 bits per heavy atom. The first kappa shape index (κ1) is 16.6. The Balaban J connectivity index is 1.89. The maximum Gasteiger partial charge on any atom is 0.339 e. The maximum absolute atomic E-state index is 12.5. The van der Waals surface area contributed by atoms with Gasteiger partial charge in [-0.25, -0.2) is 9.48 Å². The van der Waals surface area contributed by atoms with E-state index in [0.29, 0.717) is 16.3 Å². The van der Waals surface area contributed by atoms with Crippen LogP contribution in [0.4, 0.5) is 5.69 Å². The number of esters is 1. The van der Waals surface area contributed by atoms with Gasteiger partial charge in [-0.05, 0) is 46.8 Å². The Morgan fingerprint density at radius 2 is 2.04 bits per heavy atom. The summed E-state index contributed by atoms with van der Waals surface area (Å²) in [5.74, 6) is -0.989. The van der Waals surface area contributed by atoms with Crippen LogP contribution in [0.1, 0.15) is 20.7 Å². The highest BCUT2D eigenvalue weighted by Crippen LogP contribution is 2.23. The van der Waals surface area contributed by atoms with Crippen LogP contribution in [0.2, 0.25) is 5.02 Å². The number of tetrazole rings is 1. The number of carbonyl (C=O) groups is 2. The van der Waals surface area contributed by atoms with Crippen LogP contribution in [0.15, 0.2) is 48.8 Å². The van der Waals surface area contributed by atoms with Crippen LogP contribution in [-0.4, -0.2) is 39.2 Å². The molecule has 0 atom stereocenters. The van der Waals surface area contributed by atoms with Crippen molar-refractivity contribution in [3.8, 4) is 5.69 Å². The fourth-order valence-corrected chi connectivity index (χ4v) is 2.34. The average molecular weight is 358 g/mol. The zero-order chi connectivity index (χ0) is 17.8. The molecule has 0 aliphatic carbocycles. The molecule has 1 aromatic heterocycles. The van der Waals surface area contributed by atoms with Gasteiger partial charge in [-0.3, -0.25) is 4.79 Å². The lowest BCUT2D eigenvalue weighted by Gasteiger charge is -2.11. The third-order valence-electron chi connectivity index (χ3n) is 3.36. The van der Waals surface area contributed by atoms with Crippen LogP contribution >= 0.6 is 11.6 Å². The fraction of sp³-hybridized carbons (Fsp3) is 0.0625. The van der Waals surface area contributed by atoms with Gasteiger partial charge in [0.1, 0.15) is 6.33 Å². The van der Waals surface area contributed by atoms with Crippen molar-refractivity contribution in [2.45, 2.75) is 0 Å². The summed E-state index contributed by atoms with van der Waals surface area (Å²) >= 11 is 5.96. The summed E-state index contributed by atoms with van der Waals surface area (Å²) in [5, 5.41) is 13.9. The molecule has 3 aromatic rings. The zero-order valence-corrected chi connectivity index (χ0v) is 13.8. The van der Waals surface area contributed by atoms with Crippen molar-refractivity contribution < 1.29 is 14.3 Å². The second-order valence-electron chi connectivity index (χ2n) is 4.94. The molecule has 9 heteroatoms. The molecule has 0 spiro atoms. The second kappa shape index (κ2) is 7.10. The minimum Gasteiger partial charge on any atom is -0.465 e. The lowest BCUT2D eigenvalue weighted by Crippen LogP contribution is -2.15. The molecule has 0 aliphatic rings. The van der Waals surface area contributed by atoms with E-state index in [4.69, 9.17) is 16.3 Å². The number of benzene rings is 2. The van der Waals surface area contributed by atoms with Crippen LogP contribution in [0.5, 0.6) is 0 Å². The number of ether oxygens (including phenoxy) is 1. The van der Waals surface area contributed by atoms with Gasteiger partial charge in [-0.2, -0.15) is 0 Å². The van der Waals surface area contributed by atoms with E-state index in [1.807, 2.05) is 0 Å². The van der Waals surface area contributed by atoms with Crippen molar-refractivity contribution in [1.82, 2.24) is 20.2 Å². The predicted octanol–water partition coefficient (Wildman–Crippen LogP) is 2.35. The van der Waals surface area contributed by atoms with Crippen LogP contribution in [0.25, 0.3) is 5.69 Å². The molecule has 0 bridgehead atoms. The van der Waals surface area contributed by atoms with Gasteiger partial charge < -0.3 is 10.1 Å². The van der Waals surface area contributed by atoms with Crippen molar-refractivity contribution in [3.05, 3.63) is 64.9 Å². The zero-order valence-electron chi connectivity index (χ0n) is 13.0. The van der Waals surface area contributed by atoms with Gasteiger partial charge in [-0.1, -0.05) is 17.7 Å². The summed E-state index contributed by atoms with van der Waals surface area (Å²) in [6.45, 7) is 0. The van der Waals surface area contributed by atoms with Gasteiger partial charge in [0.2, 0.25) is 0 Å². The van der Waals surface area contributed by atoms with Gasteiger partial charge in [-0.15, -0.1) is 5.10 Å². The molecule has 2 aromatic carbocycles. The van der Waals surface area contributed by atoms with Crippen molar-refractivity contribution in [1.29, 1.82) is 0 Å². The Morgan fingerprint density at radius 1 is 1.20 bits per heavy atom. The highest BCUT2D eigenvalue weighted by atomic mass is 35.5. The smallest absolute Gasteiger partial charge is 0.339 e. The summed E-state index contributed by atoms with van der Waals surface area (Å²) < 4.78 is 6.14. The molecule has 8 nitrogen and oxygen atoms in total. The maximum atomic E-state index is 12.5. The lowest BCUT2D eigenvalue weighted by molar-refractivity contribution is 0.0602. The molecule has 0 unspecified atom stereocenters. The quantitative estimate of drug-likeness (QED) is 0.719. The van der Waals surface area contributed by atoms with E-state index in [1.54, 1.807) is 30.3 Å². The highest BCUT2D eigenvalue weighted by Gasteiger charge is 2.16. The number of hydrogen-bond donors (Lipinski definition) is 1. The van der Waals surface area contributed by atoms with E-state index in [-0.39, 0.29) is 11.3 Å². The van der Waals surface area contributed by atoms with Crippen LogP contribution < -0.4 is 5.32 Å². The molecule has 0 saturated heterocycles. The van der Waals surface area contributed by atoms with Gasteiger partial charge in [0.15, 0.2) is 0 Å². The number of halogens is 1. The molecular formula is C16H12ClN5O3. The predicted molar refractivity (Wildman–Crippen MR) is 89.9 cm³/mol. The average Bonchev–Trinajstić information content (AvgIpc) is 3.16. The standard InChI is InChI=1S/C16H12ClN5O3/c1-25-16(24)13-6-5-11(17)8-14(13)19-15(23)10-3-2-4-12(7-10)22-9-18-20-21-22/h2-9H,1H3,(H,19,23). The number of carbonyl (C=O) groups excluding carboxylic acids is 2. The molecule has 0 fully saturated rings. The van der Waals surface area contributed by atoms with E-state index in [0.717, 1.165) is 0 Å². The normalized spacial score (nSPS) is 10.3. The lowest BCUT2D eigenvalue weighted by atomic mass is 10.1. The van der Waals surface area contributed by atoms with Gasteiger partial charge in [0.05, 0.1) is 24.0 Å². The molecule has 3 rings (SSSR count). The minimum absolute atomic E-state index is 0.205. The molecule has 25 heavy (non-hydrogen) atoms. The van der Waals surface area contributed by atoms with Crippen molar-refractivity contribution in [2.75, 3.05) is 12.4 Å². The van der Waals surface area contributed by atoms with Crippen LogP contribution in [0.3, 0.4) is 0 Å². The Bertz CT molecular complexity index is 927. The van der Waals surface area contributed by atoms with Crippen LogP contribution in [-0.2, 0) is 4.74 Å². The van der Waals surface area contributed by atoms with E-state index < -0.39 is 11.9 Å². The van der Waals surface area contributed by atoms with E-state index in [2.05, 4.69) is 20.8 Å². The topological polar surface area (TPSA) is 99.0 Å². The number of anilines is 1. The number of amides is 1. The summed E-state index contributed by atoms with van der Waals surface area (Å²) in [6, 6.07) is 11.2. The number of nitrogens with one attached hydrogen (secondary N) is 1. The Kier molecular flexibility index (Phi) is 4.71. The molecule has 1 amide bonds. The minimum atomic E-state index is -0.575. The Hall–Kier alpha value is -3.26. The number of aromatic nitrogens is 4. The monoisotopic (exact) mass is 357 g/mol. The Labute approximate surface area is 147 Å². The molecule has 126 valence electrons. The van der Waals surface area contributed by atoms with Crippen LogP contribution in [0, 0.1) is 0 Å². The SMILES string of the molecule is COC(=O)c1ccc(Cl)cc1NC(=O)c1cccc(-n2cnnn2)c1. The van der Waals surface area contributed by atoms with E-state index >= 15 is 0 Å². The largest absolute Gasteiger partial charge is 0.465 e. The molecule has 1 heterocycles. The summed E-state index contributed by atoms with van der Waals surface area (Å²) in [4.78, 5) is 24.4. The number of methoxy groups -OCH3 is 1. The third-order valence-corrected chi connectivity index (χ3v) is 3.59.